The first kappa shape index (κ1) is 28.2. The van der Waals surface area contributed by atoms with Crippen LogP contribution in [-0.2, 0) is 16.2 Å². The van der Waals surface area contributed by atoms with E-state index in [9.17, 15) is 14.4 Å². The monoisotopic (exact) mass is 688 g/mol. The number of aryl methyl sites for hydroxylation is 1. The first-order chi connectivity index (χ1) is 21.3. The average Bonchev–Trinajstić information content (AvgIpc) is 3.76. The summed E-state index contributed by atoms with van der Waals surface area (Å²) in [5.41, 5.74) is 3.87. The van der Waals surface area contributed by atoms with Crippen molar-refractivity contribution in [3.8, 4) is 11.5 Å². The number of hydrogen-bond acceptors (Lipinski definition) is 7. The number of halogens is 1. The van der Waals surface area contributed by atoms with Crippen molar-refractivity contribution in [2.75, 3.05) is 12.0 Å². The third-order valence-corrected chi connectivity index (χ3v) is 13.1. The van der Waals surface area contributed by atoms with Crippen molar-refractivity contribution in [3.63, 3.8) is 0 Å². The molecule has 7 atom stereocenters. The molecule has 2 amide bonds. The fraction of sp³-hybridized carbons (Fsp3) is 0.324. The topological polar surface area (TPSA) is 88.7 Å². The van der Waals surface area contributed by atoms with Crippen LogP contribution in [0.1, 0.15) is 33.9 Å². The molecule has 2 aliphatic heterocycles. The largest absolute Gasteiger partial charge is 0.497 e. The molecule has 8 rings (SSSR count). The smallest absolute Gasteiger partial charge is 0.305 e. The molecule has 224 valence electrons. The molecular formula is C34H29BrN2O5S2. The summed E-state index contributed by atoms with van der Waals surface area (Å²) in [5.74, 6) is 0.491. The van der Waals surface area contributed by atoms with E-state index in [-0.39, 0.29) is 57.4 Å². The number of hydrogen-bond donors (Lipinski definition) is 1. The molecule has 3 aromatic carbocycles. The van der Waals surface area contributed by atoms with Crippen molar-refractivity contribution >= 4 is 56.5 Å². The lowest BCUT2D eigenvalue weighted by Gasteiger charge is -2.43. The van der Waals surface area contributed by atoms with E-state index in [2.05, 4.69) is 46.0 Å². The van der Waals surface area contributed by atoms with E-state index in [1.54, 1.807) is 43.1 Å². The van der Waals surface area contributed by atoms with Gasteiger partial charge in [-0.3, -0.25) is 19.3 Å². The van der Waals surface area contributed by atoms with Crippen LogP contribution in [0.4, 0.5) is 5.69 Å². The number of benzene rings is 3. The van der Waals surface area contributed by atoms with Gasteiger partial charge in [-0.1, -0.05) is 51.5 Å². The van der Waals surface area contributed by atoms with Gasteiger partial charge in [0.05, 0.1) is 29.7 Å². The highest BCUT2D eigenvalue weighted by atomic mass is 79.9. The number of methoxy groups -OCH3 is 1. The molecule has 1 aromatic heterocycles. The number of aromatic nitrogens is 1. The molecule has 44 heavy (non-hydrogen) atoms. The highest BCUT2D eigenvalue weighted by Gasteiger charge is 2.69. The van der Waals surface area contributed by atoms with E-state index in [1.165, 1.54) is 16.2 Å². The Balaban J connectivity index is 1.19. The van der Waals surface area contributed by atoms with Gasteiger partial charge < -0.3 is 14.5 Å². The van der Waals surface area contributed by atoms with Crippen molar-refractivity contribution in [3.05, 3.63) is 102 Å². The number of amides is 2. The second kappa shape index (κ2) is 10.6. The SMILES string of the molecule is COc1ccc(N2C(=O)C3C4CC(C3C2=O)C2C4Sc3[nH]c(=O)sc3[C@@H]2c2cc(Br)ccc2OCc2ccccc2C)cc1. The van der Waals surface area contributed by atoms with Gasteiger partial charge in [0.2, 0.25) is 11.8 Å². The fourth-order valence-electron chi connectivity index (χ4n) is 8.17. The van der Waals surface area contributed by atoms with Crippen LogP contribution in [0.5, 0.6) is 11.5 Å². The van der Waals surface area contributed by atoms with Crippen molar-refractivity contribution in [2.24, 2.45) is 29.6 Å². The molecule has 4 aliphatic rings. The number of nitrogens with one attached hydrogen (secondary N) is 1. The minimum atomic E-state index is -0.375. The number of thioether (sulfide) groups is 1. The van der Waals surface area contributed by atoms with Gasteiger partial charge in [-0.05, 0) is 84.7 Å². The number of imide groups is 1. The van der Waals surface area contributed by atoms with E-state index < -0.39 is 0 Å². The van der Waals surface area contributed by atoms with Gasteiger partial charge in [0.1, 0.15) is 18.1 Å². The lowest BCUT2D eigenvalue weighted by molar-refractivity contribution is -0.123. The summed E-state index contributed by atoms with van der Waals surface area (Å²) in [7, 11) is 1.59. The molecule has 2 bridgehead atoms. The van der Waals surface area contributed by atoms with Gasteiger partial charge in [-0.25, -0.2) is 0 Å². The first-order valence-corrected chi connectivity index (χ1v) is 17.2. The predicted molar refractivity (Wildman–Crippen MR) is 174 cm³/mol. The number of thiazole rings is 1. The molecule has 6 unspecified atom stereocenters. The van der Waals surface area contributed by atoms with E-state index in [1.807, 2.05) is 24.3 Å². The number of fused-ring (bicyclic) bond motifs is 9. The Bertz CT molecular complexity index is 1870. The van der Waals surface area contributed by atoms with Crippen molar-refractivity contribution in [2.45, 2.75) is 36.1 Å². The maximum atomic E-state index is 14.1. The van der Waals surface area contributed by atoms with Crippen molar-refractivity contribution < 1.29 is 19.1 Å². The van der Waals surface area contributed by atoms with Gasteiger partial charge in [-0.15, -0.1) is 11.8 Å². The van der Waals surface area contributed by atoms with Crippen LogP contribution < -0.4 is 19.2 Å². The Kier molecular flexibility index (Phi) is 6.80. The fourth-order valence-corrected chi connectivity index (χ4v) is 11.4. The summed E-state index contributed by atoms with van der Waals surface area (Å²) in [4.78, 5) is 46.2. The van der Waals surface area contributed by atoms with Crippen LogP contribution in [0.25, 0.3) is 0 Å². The molecule has 3 fully saturated rings. The number of anilines is 1. The second-order valence-electron chi connectivity index (χ2n) is 12.1. The molecule has 0 radical (unpaired) electrons. The maximum Gasteiger partial charge on any atom is 0.305 e. The molecule has 7 nitrogen and oxygen atoms in total. The molecular weight excluding hydrogens is 660 g/mol. The summed E-state index contributed by atoms with van der Waals surface area (Å²) >= 11 is 6.64. The van der Waals surface area contributed by atoms with Gasteiger partial charge in [0.25, 0.3) is 0 Å². The lowest BCUT2D eigenvalue weighted by Crippen LogP contribution is -2.42. The highest BCUT2D eigenvalue weighted by molar-refractivity contribution is 9.10. The molecule has 3 heterocycles. The van der Waals surface area contributed by atoms with Crippen LogP contribution in [0, 0.1) is 36.5 Å². The minimum Gasteiger partial charge on any atom is -0.497 e. The zero-order chi connectivity index (χ0) is 30.3. The number of carbonyl (C=O) groups excluding carboxylic acids is 2. The van der Waals surface area contributed by atoms with Gasteiger partial charge in [0.15, 0.2) is 0 Å². The summed E-state index contributed by atoms with van der Waals surface area (Å²) in [6, 6.07) is 21.4. The second-order valence-corrected chi connectivity index (χ2v) is 15.2. The summed E-state index contributed by atoms with van der Waals surface area (Å²) < 4.78 is 12.7. The molecule has 4 aromatic rings. The summed E-state index contributed by atoms with van der Waals surface area (Å²) in [6.07, 6.45) is 0.828. The Morgan fingerprint density at radius 3 is 2.48 bits per heavy atom. The number of rotatable bonds is 6. The minimum absolute atomic E-state index is 0.0146. The third kappa shape index (κ3) is 4.24. The van der Waals surface area contributed by atoms with Crippen molar-refractivity contribution in [1.82, 2.24) is 4.98 Å². The standard InChI is InChI=1S/C34H29BrN2O5S2/c1-16-5-3-4-6-17(16)15-42-24-12-7-18(35)13-21(24)25-26-22-14-23(29(26)43-31-30(25)44-34(40)36-31)28-27(22)32(38)37(33(28)39)19-8-10-20(41-2)11-9-19/h3-13,22-23,25-29H,14-15H2,1-2H3,(H,36,40)/t22?,23?,25-,26?,27?,28?,29?/m1/s1. The van der Waals surface area contributed by atoms with Crippen LogP contribution in [0.15, 0.2) is 81.0 Å². The number of nitrogens with zero attached hydrogens (tertiary/aromatic N) is 1. The van der Waals surface area contributed by atoms with E-state index >= 15 is 0 Å². The molecule has 10 heteroatoms. The zero-order valence-corrected chi connectivity index (χ0v) is 27.2. The lowest BCUT2D eigenvalue weighted by atomic mass is 9.68. The average molecular weight is 690 g/mol. The normalized spacial score (nSPS) is 28.2. The number of aromatic amines is 1. The van der Waals surface area contributed by atoms with E-state index in [0.29, 0.717) is 18.0 Å². The van der Waals surface area contributed by atoms with Gasteiger partial charge >= 0.3 is 4.87 Å². The van der Waals surface area contributed by atoms with Crippen LogP contribution in [-0.4, -0.2) is 29.2 Å². The summed E-state index contributed by atoms with van der Waals surface area (Å²) in [5, 5.41) is 0.976. The van der Waals surface area contributed by atoms with Gasteiger partial charge in [-0.2, -0.15) is 0 Å². The number of ether oxygens (including phenoxy) is 2. The van der Waals surface area contributed by atoms with Crippen LogP contribution >= 0.6 is 39.0 Å². The first-order valence-electron chi connectivity index (χ1n) is 14.7. The summed E-state index contributed by atoms with van der Waals surface area (Å²) in [6.45, 7) is 2.50. The molecule has 2 aliphatic carbocycles. The molecule has 1 N–H and O–H groups in total. The van der Waals surface area contributed by atoms with E-state index in [0.717, 1.165) is 43.2 Å². The third-order valence-electron chi connectivity index (χ3n) is 10.0. The molecule has 2 saturated carbocycles. The zero-order valence-electron chi connectivity index (χ0n) is 24.0. The van der Waals surface area contributed by atoms with E-state index in [4.69, 9.17) is 9.47 Å². The van der Waals surface area contributed by atoms with Crippen LogP contribution in [0.3, 0.4) is 0 Å². The molecule has 0 spiro atoms. The number of carbonyl (C=O) groups is 2. The van der Waals surface area contributed by atoms with Gasteiger partial charge in [0, 0.05) is 26.1 Å². The Labute approximate surface area is 271 Å². The van der Waals surface area contributed by atoms with Crippen molar-refractivity contribution in [1.29, 1.82) is 0 Å². The Morgan fingerprint density at radius 2 is 1.73 bits per heavy atom. The highest BCUT2D eigenvalue weighted by Crippen LogP contribution is 2.69. The maximum absolute atomic E-state index is 14.1. The molecule has 1 saturated heterocycles. The Morgan fingerprint density at radius 1 is 0.977 bits per heavy atom. The quantitative estimate of drug-likeness (QED) is 0.225. The van der Waals surface area contributed by atoms with Crippen LogP contribution in [0.2, 0.25) is 0 Å². The Hall–Kier alpha value is -3.34. The predicted octanol–water partition coefficient (Wildman–Crippen LogP) is 6.77. The number of H-pyrrole nitrogens is 1.